The standard InChI is InChI=1S/C58H102O14/c1-3-5-7-9-11-13-15-17-19-21-23-25-27-29-31-33-35-37-39-41-50(60)70-47(44-67-42-40-38-36-34-32-30-28-26-24-22-20-18-16-14-12-10-8-6-4-2)45-68-57-56(66)54(64)52(62)49(72-57)46-69-58-55(65)53(63)51(61)48(43-59)71-58/h5,7,11,13,17,19,23,25,29,31,47-49,51-59,61-66H,3-4,6,8-10,12,14-16,18,20-22,24,26-28,30,32-46H2,1-2H3/b7-5-,13-11-,19-17-,25-23-,31-29-. The summed E-state index contributed by atoms with van der Waals surface area (Å²) in [6, 6.07) is 0. The zero-order chi connectivity index (χ0) is 52.3. The summed E-state index contributed by atoms with van der Waals surface area (Å²) >= 11 is 0. The summed E-state index contributed by atoms with van der Waals surface area (Å²) in [6.45, 7) is 3.55. The molecule has 418 valence electrons. The van der Waals surface area contributed by atoms with Gasteiger partial charge in [0.2, 0.25) is 0 Å². The van der Waals surface area contributed by atoms with Crippen molar-refractivity contribution in [3.05, 3.63) is 60.8 Å². The molecule has 11 atom stereocenters. The number of aliphatic hydroxyl groups excluding tert-OH is 7. The van der Waals surface area contributed by atoms with Crippen LogP contribution in [-0.4, -0.2) is 142 Å². The van der Waals surface area contributed by atoms with Crippen molar-refractivity contribution in [2.24, 2.45) is 0 Å². The molecule has 0 bridgehead atoms. The summed E-state index contributed by atoms with van der Waals surface area (Å²) in [5, 5.41) is 72.3. The third-order valence-corrected chi connectivity index (χ3v) is 13.3. The van der Waals surface area contributed by atoms with Crippen molar-refractivity contribution in [1.82, 2.24) is 0 Å². The molecule has 2 aliphatic rings. The largest absolute Gasteiger partial charge is 0.457 e. The molecule has 0 aliphatic carbocycles. The van der Waals surface area contributed by atoms with Gasteiger partial charge in [0.15, 0.2) is 12.6 Å². The third kappa shape index (κ3) is 31.5. The number of carbonyl (C=O) groups excluding carboxylic acids is 1. The molecule has 72 heavy (non-hydrogen) atoms. The van der Waals surface area contributed by atoms with E-state index in [0.717, 1.165) is 70.6 Å². The minimum atomic E-state index is -1.71. The lowest BCUT2D eigenvalue weighted by Gasteiger charge is -2.42. The Hall–Kier alpha value is -2.31. The SMILES string of the molecule is CC/C=C\C/C=C\C/C=C\C/C=C\C/C=C\CCCCCC(=O)OC(COCCCCCCCCCCCCCCCCCCCCC)COC1OC(COC2OC(CO)C(O)C(O)C2O)C(O)C(O)C1O. The van der Waals surface area contributed by atoms with Crippen molar-refractivity contribution in [1.29, 1.82) is 0 Å². The lowest BCUT2D eigenvalue weighted by molar-refractivity contribution is -0.332. The van der Waals surface area contributed by atoms with Crippen LogP contribution in [0.25, 0.3) is 0 Å². The van der Waals surface area contributed by atoms with Gasteiger partial charge in [-0.05, 0) is 57.8 Å². The number of ether oxygens (including phenoxy) is 6. The van der Waals surface area contributed by atoms with E-state index in [1.54, 1.807) is 0 Å². The third-order valence-electron chi connectivity index (χ3n) is 13.3. The first-order valence-corrected chi connectivity index (χ1v) is 28.4. The zero-order valence-corrected chi connectivity index (χ0v) is 44.7. The highest BCUT2D eigenvalue weighted by Gasteiger charge is 2.47. The molecule has 2 saturated heterocycles. The molecule has 0 spiro atoms. The predicted octanol–water partition coefficient (Wildman–Crippen LogP) is 9.69. The number of aliphatic hydroxyl groups is 7. The van der Waals surface area contributed by atoms with Crippen LogP contribution in [-0.2, 0) is 33.2 Å². The van der Waals surface area contributed by atoms with Crippen molar-refractivity contribution in [2.75, 3.05) is 33.0 Å². The van der Waals surface area contributed by atoms with E-state index in [1.165, 1.54) is 103 Å². The number of carbonyl (C=O) groups is 1. The van der Waals surface area contributed by atoms with Crippen LogP contribution in [0, 0.1) is 0 Å². The monoisotopic (exact) mass is 1020 g/mol. The molecule has 0 radical (unpaired) electrons. The molecular weight excluding hydrogens is 921 g/mol. The highest BCUT2D eigenvalue weighted by atomic mass is 16.7. The molecule has 2 heterocycles. The van der Waals surface area contributed by atoms with Gasteiger partial charge in [0.25, 0.3) is 0 Å². The molecule has 0 aromatic carbocycles. The quantitative estimate of drug-likeness (QED) is 0.0172. The van der Waals surface area contributed by atoms with Gasteiger partial charge in [0.1, 0.15) is 54.9 Å². The summed E-state index contributed by atoms with van der Waals surface area (Å²) in [5.41, 5.74) is 0. The van der Waals surface area contributed by atoms with Crippen LogP contribution in [0.5, 0.6) is 0 Å². The maximum absolute atomic E-state index is 13.0. The zero-order valence-electron chi connectivity index (χ0n) is 44.7. The maximum atomic E-state index is 13.0. The fourth-order valence-electron chi connectivity index (χ4n) is 8.72. The molecule has 0 aromatic heterocycles. The average Bonchev–Trinajstić information content (AvgIpc) is 3.38. The van der Waals surface area contributed by atoms with Gasteiger partial charge in [-0.15, -0.1) is 0 Å². The van der Waals surface area contributed by atoms with E-state index < -0.39 is 86.7 Å². The molecule has 0 saturated carbocycles. The summed E-state index contributed by atoms with van der Waals surface area (Å²) in [5.74, 6) is -0.406. The maximum Gasteiger partial charge on any atom is 0.306 e. The number of unbranched alkanes of at least 4 members (excludes halogenated alkanes) is 21. The second-order valence-corrected chi connectivity index (χ2v) is 19.7. The molecule has 2 aliphatic heterocycles. The highest BCUT2D eigenvalue weighted by Crippen LogP contribution is 2.26. The molecule has 2 rings (SSSR count). The summed E-state index contributed by atoms with van der Waals surface area (Å²) in [4.78, 5) is 13.0. The molecule has 2 fully saturated rings. The Morgan fingerprint density at radius 2 is 0.903 bits per heavy atom. The Balaban J connectivity index is 1.75. The fraction of sp³-hybridized carbons (Fsp3) is 0.810. The van der Waals surface area contributed by atoms with Crippen LogP contribution in [0.4, 0.5) is 0 Å². The van der Waals surface area contributed by atoms with E-state index in [9.17, 15) is 40.5 Å². The van der Waals surface area contributed by atoms with Crippen molar-refractivity contribution in [3.8, 4) is 0 Å². The van der Waals surface area contributed by atoms with Gasteiger partial charge < -0.3 is 64.2 Å². The van der Waals surface area contributed by atoms with E-state index in [0.29, 0.717) is 13.0 Å². The number of esters is 1. The minimum absolute atomic E-state index is 0.0481. The Morgan fingerprint density at radius 3 is 1.40 bits per heavy atom. The van der Waals surface area contributed by atoms with E-state index in [1.807, 2.05) is 0 Å². The van der Waals surface area contributed by atoms with Gasteiger partial charge in [-0.3, -0.25) is 4.79 Å². The molecule has 11 unspecified atom stereocenters. The van der Waals surface area contributed by atoms with Gasteiger partial charge >= 0.3 is 5.97 Å². The van der Waals surface area contributed by atoms with Gasteiger partial charge in [-0.1, -0.05) is 197 Å². The van der Waals surface area contributed by atoms with Crippen molar-refractivity contribution in [2.45, 2.75) is 268 Å². The number of hydrogen-bond acceptors (Lipinski definition) is 14. The molecular formula is C58H102O14. The molecule has 14 nitrogen and oxygen atoms in total. The van der Waals surface area contributed by atoms with Gasteiger partial charge in [-0.25, -0.2) is 0 Å². The Kier molecular flexibility index (Phi) is 41.1. The van der Waals surface area contributed by atoms with Gasteiger partial charge in [0, 0.05) is 13.0 Å². The topological polar surface area (TPSA) is 214 Å². The predicted molar refractivity (Wildman–Crippen MR) is 284 cm³/mol. The van der Waals surface area contributed by atoms with Crippen LogP contribution in [0.15, 0.2) is 60.8 Å². The number of hydrogen-bond donors (Lipinski definition) is 7. The summed E-state index contributed by atoms with van der Waals surface area (Å²) in [6.07, 6.45) is 38.5. The van der Waals surface area contributed by atoms with Crippen LogP contribution in [0.3, 0.4) is 0 Å². The first-order chi connectivity index (χ1) is 35.1. The molecule has 14 heteroatoms. The first-order valence-electron chi connectivity index (χ1n) is 28.4. The molecule has 7 N–H and O–H groups in total. The highest BCUT2D eigenvalue weighted by molar-refractivity contribution is 5.69. The number of allylic oxidation sites excluding steroid dienone is 10. The summed E-state index contributed by atoms with van der Waals surface area (Å²) < 4.78 is 34.3. The average molecular weight is 1020 g/mol. The van der Waals surface area contributed by atoms with Crippen LogP contribution in [0.1, 0.15) is 200 Å². The molecule has 0 aromatic rings. The minimum Gasteiger partial charge on any atom is -0.457 e. The lowest BCUT2D eigenvalue weighted by atomic mass is 9.98. The van der Waals surface area contributed by atoms with Crippen LogP contribution < -0.4 is 0 Å². The second-order valence-electron chi connectivity index (χ2n) is 19.7. The first kappa shape index (κ1) is 65.8. The van der Waals surface area contributed by atoms with E-state index >= 15 is 0 Å². The van der Waals surface area contributed by atoms with E-state index in [2.05, 4.69) is 74.6 Å². The fourth-order valence-corrected chi connectivity index (χ4v) is 8.72. The smallest absolute Gasteiger partial charge is 0.306 e. The Morgan fingerprint density at radius 1 is 0.472 bits per heavy atom. The Bertz CT molecular complexity index is 1420. The van der Waals surface area contributed by atoms with Crippen molar-refractivity contribution >= 4 is 5.97 Å². The molecule has 0 amide bonds. The normalized spacial score (nSPS) is 25.6. The van der Waals surface area contributed by atoms with Crippen molar-refractivity contribution in [3.63, 3.8) is 0 Å². The van der Waals surface area contributed by atoms with E-state index in [-0.39, 0.29) is 19.6 Å². The number of rotatable bonds is 45. The van der Waals surface area contributed by atoms with Gasteiger partial charge in [-0.2, -0.15) is 0 Å². The van der Waals surface area contributed by atoms with Crippen LogP contribution >= 0.6 is 0 Å². The van der Waals surface area contributed by atoms with E-state index in [4.69, 9.17) is 28.4 Å². The van der Waals surface area contributed by atoms with Crippen molar-refractivity contribution < 1.29 is 69.0 Å². The second kappa shape index (κ2) is 44.9. The van der Waals surface area contributed by atoms with Gasteiger partial charge in [0.05, 0.1) is 26.4 Å². The summed E-state index contributed by atoms with van der Waals surface area (Å²) in [7, 11) is 0. The Labute approximate surface area is 434 Å². The lowest BCUT2D eigenvalue weighted by Crippen LogP contribution is -2.61. The van der Waals surface area contributed by atoms with Crippen LogP contribution in [0.2, 0.25) is 0 Å².